The zero-order valence-corrected chi connectivity index (χ0v) is 12.7. The molecule has 0 aromatic carbocycles. The van der Waals surface area contributed by atoms with Crippen molar-refractivity contribution in [2.45, 2.75) is 69.2 Å². The molecule has 1 fully saturated rings. The lowest BCUT2D eigenvalue weighted by Gasteiger charge is -2.41. The highest BCUT2D eigenvalue weighted by Crippen LogP contribution is 2.23. The number of carbonyl (C=O) groups is 1. The van der Waals surface area contributed by atoms with Gasteiger partial charge >= 0.3 is 5.97 Å². The van der Waals surface area contributed by atoms with Crippen molar-refractivity contribution in [3.05, 3.63) is 0 Å². The van der Waals surface area contributed by atoms with Crippen LogP contribution in [0.2, 0.25) is 0 Å². The van der Waals surface area contributed by atoms with Crippen LogP contribution >= 0.6 is 0 Å². The molecule has 0 amide bonds. The smallest absolute Gasteiger partial charge is 0.337 e. The maximum atomic E-state index is 11.7. The molecule has 6 atom stereocenters. The SMILES string of the molecule is CCCCCCOC(=O)C(O)C1O[C@H](CO)[C@@H](O)[C@H](O)[C@@H]1O. The summed E-state index contributed by atoms with van der Waals surface area (Å²) in [6, 6.07) is 0. The Morgan fingerprint density at radius 1 is 1.14 bits per heavy atom. The quantitative estimate of drug-likeness (QED) is 0.264. The second kappa shape index (κ2) is 9.39. The molecule has 130 valence electrons. The molecule has 0 aromatic rings. The Balaban J connectivity index is 2.51. The third kappa shape index (κ3) is 4.87. The summed E-state index contributed by atoms with van der Waals surface area (Å²) in [5, 5.41) is 48.0. The van der Waals surface area contributed by atoms with Crippen LogP contribution in [-0.4, -0.2) is 81.3 Å². The number of carbonyl (C=O) groups excluding carboxylic acids is 1. The van der Waals surface area contributed by atoms with Gasteiger partial charge in [-0.15, -0.1) is 0 Å². The predicted molar refractivity (Wildman–Crippen MR) is 74.9 cm³/mol. The van der Waals surface area contributed by atoms with Crippen molar-refractivity contribution in [3.63, 3.8) is 0 Å². The Labute approximate surface area is 129 Å². The van der Waals surface area contributed by atoms with Gasteiger partial charge in [-0.25, -0.2) is 4.79 Å². The molecule has 0 aromatic heterocycles. The average molecular weight is 322 g/mol. The van der Waals surface area contributed by atoms with E-state index < -0.39 is 49.2 Å². The van der Waals surface area contributed by atoms with Crippen molar-refractivity contribution in [2.75, 3.05) is 13.2 Å². The first-order chi connectivity index (χ1) is 10.4. The van der Waals surface area contributed by atoms with Crippen LogP contribution in [-0.2, 0) is 14.3 Å². The van der Waals surface area contributed by atoms with Gasteiger partial charge in [0, 0.05) is 0 Å². The van der Waals surface area contributed by atoms with Gasteiger partial charge in [-0.05, 0) is 6.42 Å². The molecule has 0 aliphatic carbocycles. The van der Waals surface area contributed by atoms with Gasteiger partial charge < -0.3 is 35.0 Å². The molecule has 2 unspecified atom stereocenters. The van der Waals surface area contributed by atoms with E-state index in [0.29, 0.717) is 6.42 Å². The fourth-order valence-corrected chi connectivity index (χ4v) is 2.31. The van der Waals surface area contributed by atoms with Crippen molar-refractivity contribution in [2.24, 2.45) is 0 Å². The summed E-state index contributed by atoms with van der Waals surface area (Å²) >= 11 is 0. The molecule has 5 N–H and O–H groups in total. The largest absolute Gasteiger partial charge is 0.464 e. The monoisotopic (exact) mass is 322 g/mol. The number of ether oxygens (including phenoxy) is 2. The van der Waals surface area contributed by atoms with Crippen LogP contribution in [0.1, 0.15) is 32.6 Å². The maximum absolute atomic E-state index is 11.7. The Hall–Kier alpha value is -0.770. The molecule has 22 heavy (non-hydrogen) atoms. The van der Waals surface area contributed by atoms with E-state index in [0.717, 1.165) is 19.3 Å². The van der Waals surface area contributed by atoms with Crippen LogP contribution in [0.5, 0.6) is 0 Å². The second-order valence-corrected chi connectivity index (χ2v) is 5.47. The predicted octanol–water partition coefficient (Wildman–Crippen LogP) is -1.69. The van der Waals surface area contributed by atoms with E-state index in [-0.39, 0.29) is 6.61 Å². The molecule has 1 saturated heterocycles. The topological polar surface area (TPSA) is 137 Å². The van der Waals surface area contributed by atoms with Gasteiger partial charge in [0.1, 0.15) is 30.5 Å². The van der Waals surface area contributed by atoms with Gasteiger partial charge in [0.25, 0.3) is 0 Å². The van der Waals surface area contributed by atoms with Crippen molar-refractivity contribution in [1.29, 1.82) is 0 Å². The fraction of sp³-hybridized carbons (Fsp3) is 0.929. The molecule has 1 rings (SSSR count). The van der Waals surface area contributed by atoms with Crippen molar-refractivity contribution < 1.29 is 39.8 Å². The van der Waals surface area contributed by atoms with Crippen LogP contribution in [0, 0.1) is 0 Å². The summed E-state index contributed by atoms with van der Waals surface area (Å²) in [6.45, 7) is 1.57. The van der Waals surface area contributed by atoms with Gasteiger partial charge in [0.05, 0.1) is 13.2 Å². The molecule has 0 bridgehead atoms. The third-order valence-corrected chi connectivity index (χ3v) is 3.72. The number of hydrogen-bond acceptors (Lipinski definition) is 8. The summed E-state index contributed by atoms with van der Waals surface area (Å²) in [7, 11) is 0. The minimum atomic E-state index is -1.81. The average Bonchev–Trinajstić information content (AvgIpc) is 2.52. The molecule has 1 heterocycles. The third-order valence-electron chi connectivity index (χ3n) is 3.72. The molecule has 8 heteroatoms. The number of aliphatic hydroxyl groups is 5. The van der Waals surface area contributed by atoms with Crippen LogP contribution in [0.4, 0.5) is 0 Å². The van der Waals surface area contributed by atoms with Gasteiger partial charge in [0.15, 0.2) is 6.10 Å². The lowest BCUT2D eigenvalue weighted by molar-refractivity contribution is -0.250. The summed E-state index contributed by atoms with van der Waals surface area (Å²) in [5.41, 5.74) is 0. The van der Waals surface area contributed by atoms with Crippen molar-refractivity contribution >= 4 is 5.97 Å². The summed E-state index contributed by atoms with van der Waals surface area (Å²) < 4.78 is 9.99. The molecule has 1 aliphatic heterocycles. The van der Waals surface area contributed by atoms with Gasteiger partial charge in [-0.2, -0.15) is 0 Å². The first-order valence-electron chi connectivity index (χ1n) is 7.59. The van der Waals surface area contributed by atoms with Crippen LogP contribution in [0.25, 0.3) is 0 Å². The molecule has 0 spiro atoms. The summed E-state index contributed by atoms with van der Waals surface area (Å²) in [6.07, 6.45) is -5.65. The molecule has 8 nitrogen and oxygen atoms in total. The first kappa shape index (κ1) is 19.3. The van der Waals surface area contributed by atoms with Crippen molar-refractivity contribution in [3.8, 4) is 0 Å². The van der Waals surface area contributed by atoms with Gasteiger partial charge in [-0.1, -0.05) is 26.2 Å². The van der Waals surface area contributed by atoms with E-state index in [9.17, 15) is 25.2 Å². The van der Waals surface area contributed by atoms with E-state index in [4.69, 9.17) is 14.6 Å². The van der Waals surface area contributed by atoms with E-state index >= 15 is 0 Å². The Kier molecular flexibility index (Phi) is 8.23. The minimum Gasteiger partial charge on any atom is -0.464 e. The molecule has 0 saturated carbocycles. The highest BCUT2D eigenvalue weighted by atomic mass is 16.6. The number of aliphatic hydroxyl groups excluding tert-OH is 5. The van der Waals surface area contributed by atoms with Crippen LogP contribution < -0.4 is 0 Å². The zero-order chi connectivity index (χ0) is 16.7. The zero-order valence-electron chi connectivity index (χ0n) is 12.7. The van der Waals surface area contributed by atoms with E-state index in [1.54, 1.807) is 0 Å². The first-order valence-corrected chi connectivity index (χ1v) is 7.59. The van der Waals surface area contributed by atoms with E-state index in [2.05, 4.69) is 6.92 Å². The number of esters is 1. The Morgan fingerprint density at radius 2 is 1.82 bits per heavy atom. The van der Waals surface area contributed by atoms with Gasteiger partial charge in [0.2, 0.25) is 0 Å². The highest BCUT2D eigenvalue weighted by molar-refractivity contribution is 5.75. The lowest BCUT2D eigenvalue weighted by atomic mass is 9.92. The molecular formula is C14H26O8. The van der Waals surface area contributed by atoms with E-state index in [1.807, 2.05) is 0 Å². The van der Waals surface area contributed by atoms with Crippen LogP contribution in [0.15, 0.2) is 0 Å². The van der Waals surface area contributed by atoms with E-state index in [1.165, 1.54) is 0 Å². The highest BCUT2D eigenvalue weighted by Gasteiger charge is 2.48. The second-order valence-electron chi connectivity index (χ2n) is 5.47. The number of rotatable bonds is 8. The lowest BCUT2D eigenvalue weighted by Crippen LogP contribution is -2.62. The van der Waals surface area contributed by atoms with Gasteiger partial charge in [-0.3, -0.25) is 0 Å². The van der Waals surface area contributed by atoms with Crippen LogP contribution in [0.3, 0.4) is 0 Å². The van der Waals surface area contributed by atoms with Crippen molar-refractivity contribution in [1.82, 2.24) is 0 Å². The number of hydrogen-bond donors (Lipinski definition) is 5. The normalized spacial score (nSPS) is 33.5. The Bertz CT molecular complexity index is 335. The fourth-order valence-electron chi connectivity index (χ4n) is 2.31. The molecule has 0 radical (unpaired) electrons. The maximum Gasteiger partial charge on any atom is 0.337 e. The standard InChI is InChI=1S/C14H26O8/c1-2-3-4-5-6-21-14(20)12(19)13-11(18)10(17)9(16)8(7-15)22-13/h8-13,15-19H,2-7H2,1H3/t8-,9-,10+,11+,12?,13?/m1/s1. The molecule has 1 aliphatic rings. The number of unbranched alkanes of at least 4 members (excludes halogenated alkanes) is 3. The Morgan fingerprint density at radius 3 is 2.41 bits per heavy atom. The minimum absolute atomic E-state index is 0.146. The summed E-state index contributed by atoms with van der Waals surface area (Å²) in [4.78, 5) is 11.7. The summed E-state index contributed by atoms with van der Waals surface area (Å²) in [5.74, 6) is -0.971. The molecular weight excluding hydrogens is 296 g/mol.